The molecule has 0 aliphatic rings. The lowest BCUT2D eigenvalue weighted by molar-refractivity contribution is -0.141. The smallest absolute Gasteiger partial charge is 0.307 e. The summed E-state index contributed by atoms with van der Waals surface area (Å²) in [4.78, 5) is 25.6. The number of nitrogens with zero attached hydrogens (tertiary/aromatic N) is 1. The summed E-state index contributed by atoms with van der Waals surface area (Å²) in [5.41, 5.74) is 1.50. The average Bonchev–Trinajstić information content (AvgIpc) is 2.61. The van der Waals surface area contributed by atoms with Crippen molar-refractivity contribution in [2.24, 2.45) is 0 Å². The number of methoxy groups -OCH3 is 1. The van der Waals surface area contributed by atoms with Crippen molar-refractivity contribution < 1.29 is 18.7 Å². The van der Waals surface area contributed by atoms with E-state index in [9.17, 15) is 14.0 Å². The van der Waals surface area contributed by atoms with Crippen LogP contribution in [0.15, 0.2) is 48.5 Å². The third-order valence-electron chi connectivity index (χ3n) is 3.75. The quantitative estimate of drug-likeness (QED) is 0.706. The van der Waals surface area contributed by atoms with Crippen LogP contribution in [0.3, 0.4) is 0 Å². The molecule has 2 aromatic rings. The molecule has 0 aromatic heterocycles. The van der Waals surface area contributed by atoms with Gasteiger partial charge in [-0.05, 0) is 29.3 Å². The van der Waals surface area contributed by atoms with E-state index < -0.39 is 5.97 Å². The third kappa shape index (κ3) is 5.87. The van der Waals surface area contributed by atoms with Crippen LogP contribution in [0.4, 0.5) is 4.39 Å². The van der Waals surface area contributed by atoms with Crippen LogP contribution in [-0.4, -0.2) is 30.4 Å². The summed E-state index contributed by atoms with van der Waals surface area (Å²) >= 11 is 6.17. The predicted molar refractivity (Wildman–Crippen MR) is 93.6 cm³/mol. The second kappa shape index (κ2) is 9.18. The molecule has 2 aromatic carbocycles. The zero-order valence-electron chi connectivity index (χ0n) is 13.9. The Balaban J connectivity index is 2.11. The fourth-order valence-corrected chi connectivity index (χ4v) is 2.54. The number of carbonyl (C=O) groups is 2. The molecule has 0 atom stereocenters. The average molecular weight is 364 g/mol. The Morgan fingerprint density at radius 3 is 2.44 bits per heavy atom. The Kier molecular flexibility index (Phi) is 6.95. The number of ether oxygens (including phenoxy) is 1. The summed E-state index contributed by atoms with van der Waals surface area (Å²) in [5, 5.41) is 0.556. The molecule has 1 amide bonds. The van der Waals surface area contributed by atoms with Gasteiger partial charge in [-0.25, -0.2) is 4.39 Å². The van der Waals surface area contributed by atoms with E-state index in [1.807, 2.05) is 18.2 Å². The molecule has 0 aliphatic carbocycles. The Morgan fingerprint density at radius 1 is 1.12 bits per heavy atom. The van der Waals surface area contributed by atoms with Crippen molar-refractivity contribution in [1.29, 1.82) is 0 Å². The first-order valence-electron chi connectivity index (χ1n) is 7.82. The highest BCUT2D eigenvalue weighted by Gasteiger charge is 2.17. The van der Waals surface area contributed by atoms with Crippen molar-refractivity contribution in [3.63, 3.8) is 0 Å². The van der Waals surface area contributed by atoms with Crippen molar-refractivity contribution >= 4 is 23.5 Å². The summed E-state index contributed by atoms with van der Waals surface area (Å²) in [6.45, 7) is 0.509. The highest BCUT2D eigenvalue weighted by molar-refractivity contribution is 6.31. The van der Waals surface area contributed by atoms with Gasteiger partial charge in [0.25, 0.3) is 0 Å². The number of rotatable bonds is 7. The Morgan fingerprint density at radius 2 is 1.80 bits per heavy atom. The van der Waals surface area contributed by atoms with E-state index in [2.05, 4.69) is 4.74 Å². The minimum Gasteiger partial charge on any atom is -0.469 e. The summed E-state index contributed by atoms with van der Waals surface area (Å²) in [5.74, 6) is -0.913. The summed E-state index contributed by atoms with van der Waals surface area (Å²) in [7, 11) is 1.31. The lowest BCUT2D eigenvalue weighted by Crippen LogP contribution is -2.34. The van der Waals surface area contributed by atoms with Gasteiger partial charge in [0.05, 0.1) is 20.0 Å². The fourth-order valence-electron chi connectivity index (χ4n) is 2.34. The summed E-state index contributed by atoms with van der Waals surface area (Å²) in [6.07, 6.45) is 0.210. The monoisotopic (exact) mass is 363 g/mol. The molecule has 0 saturated carbocycles. The maximum atomic E-state index is 13.0. The van der Waals surface area contributed by atoms with Crippen LogP contribution in [0, 0.1) is 5.82 Å². The van der Waals surface area contributed by atoms with Gasteiger partial charge >= 0.3 is 5.97 Å². The number of halogens is 2. The minimum atomic E-state index is -0.390. The molecule has 0 aliphatic heterocycles. The van der Waals surface area contributed by atoms with Crippen LogP contribution < -0.4 is 0 Å². The van der Waals surface area contributed by atoms with E-state index in [0.29, 0.717) is 10.6 Å². The standard InChI is InChI=1S/C19H19ClFNO3/c1-25-19(24)10-11-22(13-15-4-2-3-5-17(15)20)18(23)12-14-6-8-16(21)9-7-14/h2-9H,10-13H2,1H3. The van der Waals surface area contributed by atoms with Gasteiger partial charge < -0.3 is 9.64 Å². The Hall–Kier alpha value is -2.40. The number of esters is 1. The van der Waals surface area contributed by atoms with Crippen molar-refractivity contribution in [2.75, 3.05) is 13.7 Å². The molecule has 0 unspecified atom stereocenters. The Bertz CT molecular complexity index is 734. The van der Waals surface area contributed by atoms with Crippen LogP contribution in [-0.2, 0) is 27.3 Å². The van der Waals surface area contributed by atoms with E-state index in [0.717, 1.165) is 5.56 Å². The first-order chi connectivity index (χ1) is 12.0. The first kappa shape index (κ1) is 18.9. The number of carbonyl (C=O) groups excluding carboxylic acids is 2. The molecule has 4 nitrogen and oxygen atoms in total. The van der Waals surface area contributed by atoms with E-state index in [4.69, 9.17) is 11.6 Å². The second-order valence-corrected chi connectivity index (χ2v) is 5.94. The Labute approximate surface area is 151 Å². The van der Waals surface area contributed by atoms with Gasteiger partial charge in [0.15, 0.2) is 0 Å². The van der Waals surface area contributed by atoms with Crippen LogP contribution in [0.5, 0.6) is 0 Å². The summed E-state index contributed by atoms with van der Waals surface area (Å²) < 4.78 is 17.6. The molecule has 132 valence electrons. The van der Waals surface area contributed by atoms with Gasteiger partial charge in [-0.3, -0.25) is 9.59 Å². The van der Waals surface area contributed by atoms with Crippen molar-refractivity contribution in [3.8, 4) is 0 Å². The topological polar surface area (TPSA) is 46.6 Å². The van der Waals surface area contributed by atoms with E-state index in [1.54, 1.807) is 23.1 Å². The molecule has 6 heteroatoms. The largest absolute Gasteiger partial charge is 0.469 e. The van der Waals surface area contributed by atoms with Crippen molar-refractivity contribution in [1.82, 2.24) is 4.90 Å². The van der Waals surface area contributed by atoms with Crippen molar-refractivity contribution in [2.45, 2.75) is 19.4 Å². The van der Waals surface area contributed by atoms with Gasteiger partial charge in [-0.2, -0.15) is 0 Å². The molecule has 0 spiro atoms. The molecule has 0 radical (unpaired) electrons. The highest BCUT2D eigenvalue weighted by atomic mass is 35.5. The van der Waals surface area contributed by atoms with Gasteiger partial charge in [0, 0.05) is 18.1 Å². The van der Waals surface area contributed by atoms with Gasteiger partial charge in [0.2, 0.25) is 5.91 Å². The number of amides is 1. The molecule has 0 saturated heterocycles. The normalized spacial score (nSPS) is 10.4. The SMILES string of the molecule is COC(=O)CCN(Cc1ccccc1Cl)C(=O)Cc1ccc(F)cc1. The zero-order chi connectivity index (χ0) is 18.2. The number of hydrogen-bond donors (Lipinski definition) is 0. The van der Waals surface area contributed by atoms with Crippen LogP contribution in [0.25, 0.3) is 0 Å². The van der Waals surface area contributed by atoms with Crippen LogP contribution in [0.2, 0.25) is 5.02 Å². The molecule has 2 rings (SSSR count). The van der Waals surface area contributed by atoms with Crippen molar-refractivity contribution in [3.05, 3.63) is 70.5 Å². The minimum absolute atomic E-state index is 0.0934. The summed E-state index contributed by atoms with van der Waals surface area (Å²) in [6, 6.07) is 13.0. The fraction of sp³-hybridized carbons (Fsp3) is 0.263. The van der Waals surface area contributed by atoms with E-state index >= 15 is 0 Å². The molecular formula is C19H19ClFNO3. The molecule has 25 heavy (non-hydrogen) atoms. The first-order valence-corrected chi connectivity index (χ1v) is 8.20. The third-order valence-corrected chi connectivity index (χ3v) is 4.12. The maximum absolute atomic E-state index is 13.0. The second-order valence-electron chi connectivity index (χ2n) is 5.54. The number of benzene rings is 2. The van der Waals surface area contributed by atoms with Gasteiger partial charge in [-0.1, -0.05) is 41.9 Å². The molecule has 0 N–H and O–H groups in total. The van der Waals surface area contributed by atoms with Crippen LogP contribution in [0.1, 0.15) is 17.5 Å². The molecule has 0 bridgehead atoms. The van der Waals surface area contributed by atoms with Gasteiger partial charge in [-0.15, -0.1) is 0 Å². The molecular weight excluding hydrogens is 345 g/mol. The molecule has 0 fully saturated rings. The number of hydrogen-bond acceptors (Lipinski definition) is 3. The van der Waals surface area contributed by atoms with Crippen LogP contribution >= 0.6 is 11.6 Å². The zero-order valence-corrected chi connectivity index (χ0v) is 14.6. The van der Waals surface area contributed by atoms with E-state index in [-0.39, 0.29) is 37.7 Å². The lowest BCUT2D eigenvalue weighted by Gasteiger charge is -2.23. The van der Waals surface area contributed by atoms with Gasteiger partial charge in [0.1, 0.15) is 5.82 Å². The lowest BCUT2D eigenvalue weighted by atomic mass is 10.1. The predicted octanol–water partition coefficient (Wildman–Crippen LogP) is 3.61. The maximum Gasteiger partial charge on any atom is 0.307 e. The van der Waals surface area contributed by atoms with E-state index in [1.165, 1.54) is 19.2 Å². The highest BCUT2D eigenvalue weighted by Crippen LogP contribution is 2.18. The molecule has 0 heterocycles.